The van der Waals surface area contributed by atoms with Gasteiger partial charge in [0, 0.05) is 23.0 Å². The van der Waals surface area contributed by atoms with Crippen molar-refractivity contribution < 1.29 is 0 Å². The molecule has 0 fully saturated rings. The van der Waals surface area contributed by atoms with Gasteiger partial charge in [0.1, 0.15) is 0 Å². The van der Waals surface area contributed by atoms with Crippen LogP contribution in [0.15, 0.2) is 127 Å². The van der Waals surface area contributed by atoms with Crippen LogP contribution in [0.1, 0.15) is 0 Å². The summed E-state index contributed by atoms with van der Waals surface area (Å²) in [5.74, 6) is 0.870. The van der Waals surface area contributed by atoms with Crippen molar-refractivity contribution >= 4 is 17.2 Å². The fraction of sp³-hybridized carbons (Fsp3) is 0. The first kappa shape index (κ1) is 18.0. The summed E-state index contributed by atoms with van der Waals surface area (Å²) in [6, 6.07) is 43.5. The van der Waals surface area contributed by atoms with Gasteiger partial charge in [0.15, 0.2) is 5.82 Å². The Morgan fingerprint density at radius 3 is 1.53 bits per heavy atom. The van der Waals surface area contributed by atoms with Crippen molar-refractivity contribution in [2.45, 2.75) is 0 Å². The summed E-state index contributed by atoms with van der Waals surface area (Å²) in [7, 11) is 0. The highest BCUT2D eigenvalue weighted by atomic mass is 15.4. The molecule has 0 N–H and O–H groups in total. The third-order valence-electron chi connectivity index (χ3n) is 5.02. The number of anilines is 3. The van der Waals surface area contributed by atoms with Crippen LogP contribution in [-0.2, 0) is 0 Å². The summed E-state index contributed by atoms with van der Waals surface area (Å²) in [5.41, 5.74) is 5.35. The minimum Gasteiger partial charge on any atom is -0.294 e. The van der Waals surface area contributed by atoms with Gasteiger partial charge in [-0.3, -0.25) is 4.90 Å². The van der Waals surface area contributed by atoms with E-state index < -0.39 is 0 Å². The zero-order chi connectivity index (χ0) is 20.2. The maximum absolute atomic E-state index is 5.05. The highest BCUT2D eigenvalue weighted by Crippen LogP contribution is 2.36. The normalized spacial score (nSPS) is 10.7. The van der Waals surface area contributed by atoms with E-state index in [1.54, 1.807) is 0 Å². The van der Waals surface area contributed by atoms with Crippen molar-refractivity contribution in [2.75, 3.05) is 4.90 Å². The molecule has 0 aliphatic carbocycles. The van der Waals surface area contributed by atoms with E-state index in [2.05, 4.69) is 95.9 Å². The zero-order valence-electron chi connectivity index (χ0n) is 16.5. The summed E-state index contributed by atoms with van der Waals surface area (Å²) in [5, 5.41) is 5.05. The fourth-order valence-electron chi connectivity index (χ4n) is 3.63. The lowest BCUT2D eigenvalue weighted by Gasteiger charge is -2.22. The third-order valence-corrected chi connectivity index (χ3v) is 5.02. The van der Waals surface area contributed by atoms with Gasteiger partial charge in [0.2, 0.25) is 0 Å². The molecule has 0 aliphatic heterocycles. The molecule has 5 rings (SSSR count). The standard InChI is InChI=1S/C27H21N3/c1-5-13-22(14-6-1)26-21-27(28-30(26)25-19-11-4-12-20-25)29(23-15-7-2-8-16-23)24-17-9-3-10-18-24/h1-21H. The Morgan fingerprint density at radius 1 is 0.533 bits per heavy atom. The molecule has 0 spiro atoms. The van der Waals surface area contributed by atoms with Gasteiger partial charge >= 0.3 is 0 Å². The Balaban J connectivity index is 1.72. The van der Waals surface area contributed by atoms with E-state index in [1.807, 2.05) is 41.1 Å². The molecule has 0 radical (unpaired) electrons. The van der Waals surface area contributed by atoms with Crippen LogP contribution in [-0.4, -0.2) is 9.78 Å². The smallest absolute Gasteiger partial charge is 0.160 e. The van der Waals surface area contributed by atoms with Crippen molar-refractivity contribution in [1.82, 2.24) is 9.78 Å². The number of hydrogen-bond acceptors (Lipinski definition) is 2. The molecule has 3 nitrogen and oxygen atoms in total. The summed E-state index contributed by atoms with van der Waals surface area (Å²) in [4.78, 5) is 2.19. The lowest BCUT2D eigenvalue weighted by atomic mass is 10.1. The number of benzene rings is 4. The number of aromatic nitrogens is 2. The molecule has 0 atom stereocenters. The average molecular weight is 387 g/mol. The van der Waals surface area contributed by atoms with E-state index >= 15 is 0 Å². The molecule has 0 unspecified atom stereocenters. The largest absolute Gasteiger partial charge is 0.294 e. The van der Waals surface area contributed by atoms with Crippen molar-refractivity contribution in [3.05, 3.63) is 127 Å². The third kappa shape index (κ3) is 3.49. The molecule has 0 saturated carbocycles. The maximum atomic E-state index is 5.05. The summed E-state index contributed by atoms with van der Waals surface area (Å²) in [6.45, 7) is 0. The molecule has 1 heterocycles. The molecule has 0 saturated heterocycles. The summed E-state index contributed by atoms with van der Waals surface area (Å²) >= 11 is 0. The lowest BCUT2D eigenvalue weighted by Crippen LogP contribution is -2.11. The molecule has 0 aliphatic rings. The number of nitrogens with zero attached hydrogens (tertiary/aromatic N) is 3. The fourth-order valence-corrected chi connectivity index (χ4v) is 3.63. The van der Waals surface area contributed by atoms with Gasteiger partial charge in [-0.25, -0.2) is 4.68 Å². The van der Waals surface area contributed by atoms with Crippen LogP contribution in [0.3, 0.4) is 0 Å². The highest BCUT2D eigenvalue weighted by molar-refractivity contribution is 5.77. The van der Waals surface area contributed by atoms with E-state index in [4.69, 9.17) is 5.10 Å². The number of hydrogen-bond donors (Lipinski definition) is 0. The van der Waals surface area contributed by atoms with Crippen LogP contribution in [0.4, 0.5) is 17.2 Å². The van der Waals surface area contributed by atoms with E-state index in [9.17, 15) is 0 Å². The van der Waals surface area contributed by atoms with Crippen molar-refractivity contribution in [1.29, 1.82) is 0 Å². The molecule has 4 aromatic carbocycles. The second kappa shape index (κ2) is 8.10. The first-order valence-corrected chi connectivity index (χ1v) is 10.0. The average Bonchev–Trinajstić information content (AvgIpc) is 3.27. The number of rotatable bonds is 5. The monoisotopic (exact) mass is 387 g/mol. The van der Waals surface area contributed by atoms with Crippen molar-refractivity contribution in [3.63, 3.8) is 0 Å². The predicted molar refractivity (Wildman–Crippen MR) is 124 cm³/mol. The molecule has 1 aromatic heterocycles. The second-order valence-corrected chi connectivity index (χ2v) is 7.01. The van der Waals surface area contributed by atoms with E-state index in [-0.39, 0.29) is 0 Å². The van der Waals surface area contributed by atoms with Crippen molar-refractivity contribution in [2.24, 2.45) is 0 Å². The van der Waals surface area contributed by atoms with Gasteiger partial charge in [-0.1, -0.05) is 84.9 Å². The van der Waals surface area contributed by atoms with Crippen LogP contribution in [0, 0.1) is 0 Å². The quantitative estimate of drug-likeness (QED) is 0.323. The molecule has 144 valence electrons. The molecular weight excluding hydrogens is 366 g/mol. The van der Waals surface area contributed by atoms with E-state index in [1.165, 1.54) is 0 Å². The van der Waals surface area contributed by atoms with Gasteiger partial charge in [0.05, 0.1) is 11.4 Å². The van der Waals surface area contributed by atoms with Gasteiger partial charge in [-0.2, -0.15) is 0 Å². The molecule has 0 amide bonds. The van der Waals surface area contributed by atoms with E-state index in [0.29, 0.717) is 0 Å². The first-order valence-electron chi connectivity index (χ1n) is 10.0. The Morgan fingerprint density at radius 2 is 1.00 bits per heavy atom. The lowest BCUT2D eigenvalue weighted by molar-refractivity contribution is 0.883. The van der Waals surface area contributed by atoms with Gasteiger partial charge in [0.25, 0.3) is 0 Å². The molecule has 30 heavy (non-hydrogen) atoms. The summed E-state index contributed by atoms with van der Waals surface area (Å²) < 4.78 is 2.02. The molecule has 5 aromatic rings. The molecular formula is C27H21N3. The van der Waals surface area contributed by atoms with Gasteiger partial charge < -0.3 is 0 Å². The maximum Gasteiger partial charge on any atom is 0.160 e. The first-order chi connectivity index (χ1) is 14.9. The van der Waals surface area contributed by atoms with Crippen LogP contribution in [0.5, 0.6) is 0 Å². The topological polar surface area (TPSA) is 21.1 Å². The van der Waals surface area contributed by atoms with Gasteiger partial charge in [-0.05, 0) is 36.4 Å². The van der Waals surface area contributed by atoms with Crippen LogP contribution < -0.4 is 4.90 Å². The van der Waals surface area contributed by atoms with E-state index in [0.717, 1.165) is 34.1 Å². The minimum absolute atomic E-state index is 0.870. The summed E-state index contributed by atoms with van der Waals surface area (Å²) in [6.07, 6.45) is 0. The minimum atomic E-state index is 0.870. The SMILES string of the molecule is c1ccc(-c2cc(N(c3ccccc3)c3ccccc3)nn2-c2ccccc2)cc1. The second-order valence-electron chi connectivity index (χ2n) is 7.01. The number of para-hydroxylation sites is 3. The highest BCUT2D eigenvalue weighted by Gasteiger charge is 2.19. The Labute approximate surface area is 176 Å². The Hall–Kier alpha value is -4.11. The van der Waals surface area contributed by atoms with Crippen LogP contribution >= 0.6 is 0 Å². The van der Waals surface area contributed by atoms with Crippen LogP contribution in [0.25, 0.3) is 16.9 Å². The Kier molecular flexibility index (Phi) is 4.84. The van der Waals surface area contributed by atoms with Crippen LogP contribution in [0.2, 0.25) is 0 Å². The van der Waals surface area contributed by atoms with Gasteiger partial charge in [-0.15, -0.1) is 5.10 Å². The van der Waals surface area contributed by atoms with Crippen molar-refractivity contribution in [3.8, 4) is 16.9 Å². The zero-order valence-corrected chi connectivity index (χ0v) is 16.5. The predicted octanol–water partition coefficient (Wildman–Crippen LogP) is 7.01. The molecule has 3 heteroatoms. The molecule has 0 bridgehead atoms. The Bertz CT molecular complexity index is 1120.